The first-order chi connectivity index (χ1) is 10.6. The summed E-state index contributed by atoms with van der Waals surface area (Å²) in [6.07, 6.45) is 2.52. The van der Waals surface area contributed by atoms with Gasteiger partial charge < -0.3 is 15.4 Å². The summed E-state index contributed by atoms with van der Waals surface area (Å²) in [6.45, 7) is 1.34. The van der Waals surface area contributed by atoms with Crippen molar-refractivity contribution in [3.8, 4) is 0 Å². The summed E-state index contributed by atoms with van der Waals surface area (Å²) in [4.78, 5) is 31.2. The summed E-state index contributed by atoms with van der Waals surface area (Å²) in [6, 6.07) is 3.81. The zero-order chi connectivity index (χ0) is 15.7. The lowest BCUT2D eigenvalue weighted by Gasteiger charge is -2.16. The Morgan fingerprint density at radius 2 is 2.36 bits per heavy atom. The maximum absolute atomic E-state index is 11.9. The normalized spacial score (nSPS) is 18.0. The number of likely N-dealkylation sites (tertiary alicyclic amines) is 1. The van der Waals surface area contributed by atoms with Gasteiger partial charge in [-0.25, -0.2) is 4.98 Å². The van der Waals surface area contributed by atoms with E-state index in [-0.39, 0.29) is 18.4 Å². The van der Waals surface area contributed by atoms with E-state index in [0.717, 1.165) is 22.2 Å². The smallest absolute Gasteiger partial charge is 0.259 e. The minimum atomic E-state index is -0.431. The molecule has 0 radical (unpaired) electrons. The first-order valence-corrected chi connectivity index (χ1v) is 7.87. The van der Waals surface area contributed by atoms with Crippen molar-refractivity contribution in [2.45, 2.75) is 12.3 Å². The van der Waals surface area contributed by atoms with E-state index in [1.165, 1.54) is 18.4 Å². The molecule has 0 unspecified atom stereocenters. The van der Waals surface area contributed by atoms with Gasteiger partial charge in [-0.2, -0.15) is 0 Å². The molecule has 0 bridgehead atoms. The fourth-order valence-corrected chi connectivity index (χ4v) is 4.06. The Kier molecular flexibility index (Phi) is 4.08. The van der Waals surface area contributed by atoms with E-state index in [1.807, 2.05) is 12.1 Å². The third-order valence-electron chi connectivity index (χ3n) is 3.95. The van der Waals surface area contributed by atoms with Gasteiger partial charge >= 0.3 is 0 Å². The summed E-state index contributed by atoms with van der Waals surface area (Å²) >= 11 is 1.32. The molecule has 2 N–H and O–H groups in total. The number of nitrogens with zero attached hydrogens (tertiary/aromatic N) is 2. The van der Waals surface area contributed by atoms with Crippen molar-refractivity contribution < 1.29 is 14.3 Å². The van der Waals surface area contributed by atoms with Crippen molar-refractivity contribution in [3.63, 3.8) is 0 Å². The summed E-state index contributed by atoms with van der Waals surface area (Å²) in [5.74, 6) is -0.343. The molecular formula is C15H17N3O3S. The molecule has 0 aromatic carbocycles. The lowest BCUT2D eigenvalue weighted by molar-refractivity contribution is -0.134. The quantitative estimate of drug-likeness (QED) is 0.922. The monoisotopic (exact) mass is 319 g/mol. The highest BCUT2D eigenvalue weighted by molar-refractivity contribution is 7.20. The number of ether oxygens (including phenoxy) is 1. The number of rotatable bonds is 4. The van der Waals surface area contributed by atoms with E-state index in [0.29, 0.717) is 18.0 Å². The number of fused-ring (bicyclic) bond motifs is 1. The molecule has 6 nitrogen and oxygen atoms in total. The highest BCUT2D eigenvalue weighted by Crippen LogP contribution is 2.39. The fraction of sp³-hybridized carbons (Fsp3) is 0.400. The summed E-state index contributed by atoms with van der Waals surface area (Å²) in [5.41, 5.74) is 6.47. The number of carbonyl (C=O) groups excluding carboxylic acids is 2. The molecule has 0 saturated carbocycles. The van der Waals surface area contributed by atoms with Crippen LogP contribution in [0, 0.1) is 0 Å². The van der Waals surface area contributed by atoms with E-state index in [1.54, 1.807) is 11.1 Å². The molecule has 1 fully saturated rings. The molecule has 3 rings (SSSR count). The zero-order valence-electron chi connectivity index (χ0n) is 12.2. The van der Waals surface area contributed by atoms with Crippen molar-refractivity contribution in [2.75, 3.05) is 26.8 Å². The first-order valence-electron chi connectivity index (χ1n) is 7.05. The summed E-state index contributed by atoms with van der Waals surface area (Å²) < 4.78 is 4.90. The van der Waals surface area contributed by atoms with E-state index in [4.69, 9.17) is 10.5 Å². The van der Waals surface area contributed by atoms with E-state index in [2.05, 4.69) is 4.98 Å². The molecule has 1 aliphatic heterocycles. The highest BCUT2D eigenvalue weighted by Gasteiger charge is 2.32. The highest BCUT2D eigenvalue weighted by atomic mass is 32.1. The molecular weight excluding hydrogens is 302 g/mol. The van der Waals surface area contributed by atoms with Gasteiger partial charge in [-0.15, -0.1) is 11.3 Å². The number of thiophene rings is 1. The minimum Gasteiger partial charge on any atom is -0.375 e. The van der Waals surface area contributed by atoms with Crippen LogP contribution < -0.4 is 5.73 Å². The second-order valence-electron chi connectivity index (χ2n) is 5.32. The number of primary amides is 1. The second kappa shape index (κ2) is 6.02. The molecule has 1 atom stereocenters. The number of hydrogen-bond donors (Lipinski definition) is 1. The molecule has 22 heavy (non-hydrogen) atoms. The van der Waals surface area contributed by atoms with Crippen LogP contribution in [0.15, 0.2) is 18.3 Å². The number of aromatic nitrogens is 1. The molecule has 0 spiro atoms. The van der Waals surface area contributed by atoms with Crippen LogP contribution in [0.3, 0.4) is 0 Å². The summed E-state index contributed by atoms with van der Waals surface area (Å²) in [7, 11) is 1.51. The molecule has 1 aliphatic rings. The van der Waals surface area contributed by atoms with Crippen LogP contribution in [0.25, 0.3) is 10.2 Å². The second-order valence-corrected chi connectivity index (χ2v) is 6.32. The molecule has 1 saturated heterocycles. The van der Waals surface area contributed by atoms with Crippen molar-refractivity contribution >= 4 is 33.4 Å². The number of hydrogen-bond acceptors (Lipinski definition) is 5. The van der Waals surface area contributed by atoms with Crippen LogP contribution in [0.4, 0.5) is 0 Å². The van der Waals surface area contributed by atoms with Crippen molar-refractivity contribution in [1.29, 1.82) is 0 Å². The molecule has 116 valence electrons. The Labute approximate surface area is 131 Å². The van der Waals surface area contributed by atoms with Gasteiger partial charge in [0.25, 0.3) is 5.91 Å². The van der Waals surface area contributed by atoms with E-state index in [9.17, 15) is 9.59 Å². The Bertz CT molecular complexity index is 728. The Morgan fingerprint density at radius 3 is 3.09 bits per heavy atom. The molecule has 0 aliphatic carbocycles. The first kappa shape index (κ1) is 14.9. The van der Waals surface area contributed by atoms with Gasteiger partial charge in [0.15, 0.2) is 0 Å². The number of pyridine rings is 1. The average molecular weight is 319 g/mol. The molecule has 2 aromatic heterocycles. The maximum atomic E-state index is 11.9. The lowest BCUT2D eigenvalue weighted by Crippen LogP contribution is -2.31. The van der Waals surface area contributed by atoms with Crippen LogP contribution >= 0.6 is 11.3 Å². The topological polar surface area (TPSA) is 85.5 Å². The number of nitrogens with two attached hydrogens (primary N) is 1. The Balaban J connectivity index is 1.95. The van der Waals surface area contributed by atoms with Crippen molar-refractivity contribution in [3.05, 3.63) is 28.8 Å². The molecule has 2 aromatic rings. The van der Waals surface area contributed by atoms with Crippen LogP contribution in [0.5, 0.6) is 0 Å². The summed E-state index contributed by atoms with van der Waals surface area (Å²) in [5, 5.41) is 0.965. The maximum Gasteiger partial charge on any atom is 0.259 e. The lowest BCUT2D eigenvalue weighted by atomic mass is 9.95. The fourth-order valence-electron chi connectivity index (χ4n) is 2.98. The Hall–Kier alpha value is -1.99. The standard InChI is InChI=1S/C15H17N3O3S/c1-21-8-11(19)18-6-4-9(7-18)12-10-3-2-5-17-15(10)22-13(12)14(16)20/h2-3,5,9H,4,6-8H2,1H3,(H2,16,20)/t9-/m1/s1. The van der Waals surface area contributed by atoms with Crippen LogP contribution in [-0.2, 0) is 9.53 Å². The van der Waals surface area contributed by atoms with E-state index >= 15 is 0 Å². The Morgan fingerprint density at radius 1 is 1.55 bits per heavy atom. The largest absolute Gasteiger partial charge is 0.375 e. The van der Waals surface area contributed by atoms with Crippen molar-refractivity contribution in [1.82, 2.24) is 9.88 Å². The zero-order valence-corrected chi connectivity index (χ0v) is 13.1. The number of carbonyl (C=O) groups is 2. The molecule has 2 amide bonds. The van der Waals surface area contributed by atoms with Crippen LogP contribution in [0.2, 0.25) is 0 Å². The molecule has 7 heteroatoms. The average Bonchev–Trinajstić information content (AvgIpc) is 3.11. The minimum absolute atomic E-state index is 0.0247. The van der Waals surface area contributed by atoms with Gasteiger partial charge in [0, 0.05) is 37.7 Å². The van der Waals surface area contributed by atoms with Crippen LogP contribution in [-0.4, -0.2) is 48.5 Å². The van der Waals surface area contributed by atoms with E-state index < -0.39 is 5.91 Å². The predicted molar refractivity (Wildman–Crippen MR) is 84.0 cm³/mol. The number of methoxy groups -OCH3 is 1. The SMILES string of the molecule is COCC(=O)N1CC[C@@H](c2c(C(N)=O)sc3ncccc23)C1. The van der Waals surface area contributed by atoms with Gasteiger partial charge in [-0.3, -0.25) is 9.59 Å². The number of amides is 2. The third-order valence-corrected chi connectivity index (χ3v) is 5.09. The predicted octanol–water partition coefficient (Wildman–Crippen LogP) is 1.36. The van der Waals surface area contributed by atoms with Gasteiger partial charge in [0.2, 0.25) is 5.91 Å². The third kappa shape index (κ3) is 2.57. The van der Waals surface area contributed by atoms with Gasteiger partial charge in [-0.1, -0.05) is 6.07 Å². The van der Waals surface area contributed by atoms with Gasteiger partial charge in [0.05, 0.1) is 4.88 Å². The van der Waals surface area contributed by atoms with Gasteiger partial charge in [0.1, 0.15) is 11.4 Å². The van der Waals surface area contributed by atoms with Crippen LogP contribution in [0.1, 0.15) is 27.6 Å². The van der Waals surface area contributed by atoms with Crippen molar-refractivity contribution in [2.24, 2.45) is 5.73 Å². The van der Waals surface area contributed by atoms with Gasteiger partial charge in [-0.05, 0) is 18.1 Å². The molecule has 3 heterocycles.